The predicted molar refractivity (Wildman–Crippen MR) is 63.1 cm³/mol. The summed E-state index contributed by atoms with van der Waals surface area (Å²) in [4.78, 5) is 19.3. The number of aromatic nitrogens is 2. The van der Waals surface area contributed by atoms with Crippen LogP contribution in [0, 0.1) is 0 Å². The molecule has 0 fully saturated rings. The predicted octanol–water partition coefficient (Wildman–Crippen LogP) is 2.63. The smallest absolute Gasteiger partial charge is 0.406 e. The number of rotatable bonds is 3. The molecule has 2 aromatic rings. The monoisotopic (exact) mass is 283 g/mol. The second-order valence-electron chi connectivity index (χ2n) is 3.60. The molecule has 0 aliphatic heterocycles. The van der Waals surface area contributed by atoms with Gasteiger partial charge >= 0.3 is 6.36 Å². The Balaban J connectivity index is 2.04. The van der Waals surface area contributed by atoms with Gasteiger partial charge in [0.15, 0.2) is 0 Å². The van der Waals surface area contributed by atoms with E-state index in [1.54, 1.807) is 6.07 Å². The molecule has 20 heavy (non-hydrogen) atoms. The minimum Gasteiger partial charge on any atom is -0.406 e. The molecule has 0 atom stereocenters. The number of hydrogen-bond donors (Lipinski definition) is 1. The van der Waals surface area contributed by atoms with Crippen LogP contribution in [-0.2, 0) is 0 Å². The van der Waals surface area contributed by atoms with Crippen LogP contribution in [0.15, 0.2) is 42.7 Å². The Labute approximate surface area is 111 Å². The standard InChI is InChI=1S/C12H8F3N3O2/c13-12(14,15)20-9-4-2-8(3-5-9)10(19)18-11-16-6-1-7-17-11/h1-7H,(H,16,17,18,19). The molecular formula is C12H8F3N3O2. The fraction of sp³-hybridized carbons (Fsp3) is 0.0833. The molecule has 5 nitrogen and oxygen atoms in total. The van der Waals surface area contributed by atoms with Gasteiger partial charge in [-0.05, 0) is 30.3 Å². The molecule has 2 rings (SSSR count). The third-order valence-electron chi connectivity index (χ3n) is 2.14. The van der Waals surface area contributed by atoms with E-state index >= 15 is 0 Å². The third-order valence-corrected chi connectivity index (χ3v) is 2.14. The molecule has 0 bridgehead atoms. The molecular weight excluding hydrogens is 275 g/mol. The molecule has 0 saturated heterocycles. The van der Waals surface area contributed by atoms with E-state index in [0.29, 0.717) is 0 Å². The van der Waals surface area contributed by atoms with Crippen molar-refractivity contribution in [3.05, 3.63) is 48.3 Å². The third kappa shape index (κ3) is 3.94. The molecule has 0 aliphatic carbocycles. The van der Waals surface area contributed by atoms with Crippen LogP contribution in [0.5, 0.6) is 5.75 Å². The Hall–Kier alpha value is -2.64. The summed E-state index contributed by atoms with van der Waals surface area (Å²) < 4.78 is 39.6. The first-order valence-electron chi connectivity index (χ1n) is 5.38. The maximum absolute atomic E-state index is 12.0. The lowest BCUT2D eigenvalue weighted by molar-refractivity contribution is -0.274. The van der Waals surface area contributed by atoms with Crippen LogP contribution in [0.1, 0.15) is 10.4 Å². The summed E-state index contributed by atoms with van der Waals surface area (Å²) >= 11 is 0. The van der Waals surface area contributed by atoms with Gasteiger partial charge in [0.25, 0.3) is 5.91 Å². The molecule has 1 amide bonds. The zero-order valence-electron chi connectivity index (χ0n) is 9.89. The number of ether oxygens (including phenoxy) is 1. The molecule has 1 aromatic carbocycles. The van der Waals surface area contributed by atoms with Gasteiger partial charge in [-0.15, -0.1) is 13.2 Å². The van der Waals surface area contributed by atoms with E-state index in [0.717, 1.165) is 12.1 Å². The van der Waals surface area contributed by atoms with Crippen LogP contribution < -0.4 is 10.1 Å². The van der Waals surface area contributed by atoms with Crippen LogP contribution in [-0.4, -0.2) is 22.2 Å². The van der Waals surface area contributed by atoms with Crippen LogP contribution in [0.2, 0.25) is 0 Å². The van der Waals surface area contributed by atoms with Gasteiger partial charge in [0, 0.05) is 18.0 Å². The topological polar surface area (TPSA) is 64.1 Å². The minimum atomic E-state index is -4.76. The Morgan fingerprint density at radius 3 is 2.25 bits per heavy atom. The number of carbonyl (C=O) groups excluding carboxylic acids is 1. The number of nitrogens with one attached hydrogen (secondary N) is 1. The van der Waals surface area contributed by atoms with E-state index < -0.39 is 18.0 Å². The number of halogens is 3. The molecule has 0 spiro atoms. The Kier molecular flexibility index (Phi) is 3.83. The van der Waals surface area contributed by atoms with Crippen molar-refractivity contribution in [2.45, 2.75) is 6.36 Å². The van der Waals surface area contributed by atoms with Crippen molar-refractivity contribution in [2.75, 3.05) is 5.32 Å². The minimum absolute atomic E-state index is 0.105. The van der Waals surface area contributed by atoms with E-state index in [2.05, 4.69) is 20.0 Å². The highest BCUT2D eigenvalue weighted by Crippen LogP contribution is 2.22. The Morgan fingerprint density at radius 1 is 1.10 bits per heavy atom. The first-order valence-corrected chi connectivity index (χ1v) is 5.38. The highest BCUT2D eigenvalue weighted by molar-refractivity contribution is 6.03. The number of hydrogen-bond acceptors (Lipinski definition) is 4. The fourth-order valence-electron chi connectivity index (χ4n) is 1.35. The molecule has 1 heterocycles. The van der Waals surface area contributed by atoms with Gasteiger partial charge in [0.05, 0.1) is 0 Å². The summed E-state index contributed by atoms with van der Waals surface area (Å²) in [5, 5.41) is 2.40. The van der Waals surface area contributed by atoms with Gasteiger partial charge in [-0.2, -0.15) is 0 Å². The zero-order chi connectivity index (χ0) is 14.6. The quantitative estimate of drug-likeness (QED) is 0.940. The average molecular weight is 283 g/mol. The molecule has 0 radical (unpaired) electrons. The zero-order valence-corrected chi connectivity index (χ0v) is 9.89. The maximum Gasteiger partial charge on any atom is 0.573 e. The van der Waals surface area contributed by atoms with Gasteiger partial charge in [-0.3, -0.25) is 10.1 Å². The number of benzene rings is 1. The van der Waals surface area contributed by atoms with Crippen molar-refractivity contribution in [1.29, 1.82) is 0 Å². The second-order valence-corrected chi connectivity index (χ2v) is 3.60. The SMILES string of the molecule is O=C(Nc1ncccn1)c1ccc(OC(F)(F)F)cc1. The normalized spacial score (nSPS) is 10.9. The largest absolute Gasteiger partial charge is 0.573 e. The molecule has 1 aromatic heterocycles. The van der Waals surface area contributed by atoms with E-state index in [1.807, 2.05) is 0 Å². The molecule has 1 N–H and O–H groups in total. The molecule has 8 heteroatoms. The second kappa shape index (κ2) is 5.55. The van der Waals surface area contributed by atoms with Gasteiger partial charge < -0.3 is 4.74 Å². The lowest BCUT2D eigenvalue weighted by atomic mass is 10.2. The lowest BCUT2D eigenvalue weighted by Crippen LogP contribution is -2.17. The van der Waals surface area contributed by atoms with Gasteiger partial charge in [-0.1, -0.05) is 0 Å². The number of nitrogens with zero attached hydrogens (tertiary/aromatic N) is 2. The Morgan fingerprint density at radius 2 is 1.70 bits per heavy atom. The molecule has 0 unspecified atom stereocenters. The summed E-state index contributed by atoms with van der Waals surface area (Å²) in [5.74, 6) is -0.826. The van der Waals surface area contributed by atoms with Crippen molar-refractivity contribution < 1.29 is 22.7 Å². The summed E-state index contributed by atoms with van der Waals surface area (Å²) in [6, 6.07) is 6.10. The number of amides is 1. The number of carbonyl (C=O) groups is 1. The average Bonchev–Trinajstić information content (AvgIpc) is 2.39. The van der Waals surface area contributed by atoms with Crippen LogP contribution in [0.4, 0.5) is 19.1 Å². The van der Waals surface area contributed by atoms with Gasteiger partial charge in [-0.25, -0.2) is 9.97 Å². The number of alkyl halides is 3. The van der Waals surface area contributed by atoms with Crippen LogP contribution >= 0.6 is 0 Å². The van der Waals surface area contributed by atoms with E-state index in [1.165, 1.54) is 24.5 Å². The van der Waals surface area contributed by atoms with Crippen LogP contribution in [0.25, 0.3) is 0 Å². The van der Waals surface area contributed by atoms with E-state index in [-0.39, 0.29) is 11.5 Å². The van der Waals surface area contributed by atoms with Gasteiger partial charge in [0.1, 0.15) is 5.75 Å². The Bertz CT molecular complexity index is 585. The van der Waals surface area contributed by atoms with Crippen molar-refractivity contribution in [3.8, 4) is 5.75 Å². The van der Waals surface area contributed by atoms with E-state index in [9.17, 15) is 18.0 Å². The van der Waals surface area contributed by atoms with Crippen molar-refractivity contribution >= 4 is 11.9 Å². The highest BCUT2D eigenvalue weighted by atomic mass is 19.4. The summed E-state index contributed by atoms with van der Waals surface area (Å²) in [5.41, 5.74) is 0.159. The fourth-order valence-corrected chi connectivity index (χ4v) is 1.35. The first kappa shape index (κ1) is 13.8. The molecule has 0 saturated carbocycles. The lowest BCUT2D eigenvalue weighted by Gasteiger charge is -2.09. The maximum atomic E-state index is 12.0. The number of anilines is 1. The van der Waals surface area contributed by atoms with Crippen molar-refractivity contribution in [1.82, 2.24) is 9.97 Å². The molecule has 104 valence electrons. The highest BCUT2D eigenvalue weighted by Gasteiger charge is 2.31. The van der Waals surface area contributed by atoms with Crippen molar-refractivity contribution in [3.63, 3.8) is 0 Å². The van der Waals surface area contributed by atoms with Crippen LogP contribution in [0.3, 0.4) is 0 Å². The molecule has 0 aliphatic rings. The summed E-state index contributed by atoms with van der Waals surface area (Å²) in [7, 11) is 0. The first-order chi connectivity index (χ1) is 9.44. The van der Waals surface area contributed by atoms with Crippen molar-refractivity contribution in [2.24, 2.45) is 0 Å². The summed E-state index contributed by atoms with van der Waals surface area (Å²) in [6.45, 7) is 0. The van der Waals surface area contributed by atoms with E-state index in [4.69, 9.17) is 0 Å². The summed E-state index contributed by atoms with van der Waals surface area (Å²) in [6.07, 6.45) is -1.87. The van der Waals surface area contributed by atoms with Gasteiger partial charge in [0.2, 0.25) is 5.95 Å².